The van der Waals surface area contributed by atoms with E-state index in [1.165, 1.54) is 6.07 Å². The molecule has 1 aliphatic carbocycles. The number of halogens is 1. The van der Waals surface area contributed by atoms with Crippen LogP contribution in [-0.2, 0) is 13.8 Å². The van der Waals surface area contributed by atoms with Crippen LogP contribution in [0, 0.1) is 12.8 Å². The summed E-state index contributed by atoms with van der Waals surface area (Å²) in [7, 11) is 1.65. The van der Waals surface area contributed by atoms with Crippen molar-refractivity contribution in [3.05, 3.63) is 23.3 Å². The van der Waals surface area contributed by atoms with Crippen LogP contribution in [0.3, 0.4) is 0 Å². The standard InChI is InChI=1S/C15H20ClNO3S/c1-9(2)13-8-12(21(16,19)20)6-10(3)15(13)17-14(18)7-11-4-5-11/h6,8-9,11H,4-5,7H2,1-3H3,(H,17,18). The number of hydrogen-bond donors (Lipinski definition) is 1. The second-order valence-electron chi connectivity index (χ2n) is 5.99. The van der Waals surface area contributed by atoms with E-state index >= 15 is 0 Å². The Bertz CT molecular complexity index is 664. The fourth-order valence-corrected chi connectivity index (χ4v) is 3.17. The molecule has 1 aliphatic rings. The van der Waals surface area contributed by atoms with Gasteiger partial charge >= 0.3 is 0 Å². The number of aryl methyl sites for hydroxylation is 1. The zero-order valence-corrected chi connectivity index (χ0v) is 14.0. The van der Waals surface area contributed by atoms with Crippen molar-refractivity contribution in [2.75, 3.05) is 5.32 Å². The van der Waals surface area contributed by atoms with Gasteiger partial charge in [-0.15, -0.1) is 0 Å². The summed E-state index contributed by atoms with van der Waals surface area (Å²) in [6.45, 7) is 5.69. The molecule has 0 atom stereocenters. The van der Waals surface area contributed by atoms with Gasteiger partial charge in [-0.25, -0.2) is 8.42 Å². The minimum Gasteiger partial charge on any atom is -0.326 e. The van der Waals surface area contributed by atoms with Crippen molar-refractivity contribution in [2.24, 2.45) is 5.92 Å². The molecule has 21 heavy (non-hydrogen) atoms. The zero-order valence-electron chi connectivity index (χ0n) is 12.4. The molecule has 1 aromatic rings. The first-order valence-electron chi connectivity index (χ1n) is 7.07. The molecule has 0 saturated heterocycles. The van der Waals surface area contributed by atoms with Crippen molar-refractivity contribution >= 4 is 31.3 Å². The van der Waals surface area contributed by atoms with E-state index in [-0.39, 0.29) is 16.7 Å². The summed E-state index contributed by atoms with van der Waals surface area (Å²) >= 11 is 0. The second-order valence-corrected chi connectivity index (χ2v) is 8.56. The van der Waals surface area contributed by atoms with Crippen LogP contribution in [-0.4, -0.2) is 14.3 Å². The van der Waals surface area contributed by atoms with Gasteiger partial charge in [0.15, 0.2) is 0 Å². The van der Waals surface area contributed by atoms with E-state index in [0.717, 1.165) is 18.4 Å². The first kappa shape index (κ1) is 16.3. The van der Waals surface area contributed by atoms with Gasteiger partial charge in [0.25, 0.3) is 9.05 Å². The number of carbonyl (C=O) groups is 1. The normalized spacial score (nSPS) is 15.3. The predicted molar refractivity (Wildman–Crippen MR) is 84.3 cm³/mol. The van der Waals surface area contributed by atoms with E-state index in [2.05, 4.69) is 5.32 Å². The van der Waals surface area contributed by atoms with Gasteiger partial charge in [-0.1, -0.05) is 13.8 Å². The average molecular weight is 330 g/mol. The van der Waals surface area contributed by atoms with Gasteiger partial charge in [0, 0.05) is 22.8 Å². The lowest BCUT2D eigenvalue weighted by Crippen LogP contribution is -2.15. The fourth-order valence-electron chi connectivity index (χ4n) is 2.32. The van der Waals surface area contributed by atoms with Gasteiger partial charge in [0.2, 0.25) is 5.91 Å². The van der Waals surface area contributed by atoms with Gasteiger partial charge < -0.3 is 5.32 Å². The number of amides is 1. The van der Waals surface area contributed by atoms with E-state index < -0.39 is 9.05 Å². The van der Waals surface area contributed by atoms with Crippen molar-refractivity contribution in [1.82, 2.24) is 0 Å². The molecule has 0 aliphatic heterocycles. The molecule has 0 aromatic heterocycles. The van der Waals surface area contributed by atoms with Crippen LogP contribution in [0.1, 0.15) is 50.2 Å². The maximum absolute atomic E-state index is 12.0. The molecule has 116 valence electrons. The van der Waals surface area contributed by atoms with Crippen LogP contribution in [0.5, 0.6) is 0 Å². The van der Waals surface area contributed by atoms with E-state index in [1.54, 1.807) is 13.0 Å². The number of anilines is 1. The number of benzene rings is 1. The molecule has 6 heteroatoms. The number of carbonyl (C=O) groups excluding carboxylic acids is 1. The van der Waals surface area contributed by atoms with E-state index in [1.807, 2.05) is 13.8 Å². The molecule has 0 spiro atoms. The van der Waals surface area contributed by atoms with Crippen molar-refractivity contribution in [2.45, 2.75) is 50.8 Å². The molecule has 1 fully saturated rings. The Morgan fingerprint density at radius 2 is 2.00 bits per heavy atom. The molecule has 1 saturated carbocycles. The Morgan fingerprint density at radius 3 is 2.48 bits per heavy atom. The molecule has 2 rings (SSSR count). The molecule has 0 radical (unpaired) electrons. The number of nitrogens with one attached hydrogen (secondary N) is 1. The lowest BCUT2D eigenvalue weighted by Gasteiger charge is -2.18. The summed E-state index contributed by atoms with van der Waals surface area (Å²) in [6.07, 6.45) is 2.77. The van der Waals surface area contributed by atoms with Crippen molar-refractivity contribution in [3.8, 4) is 0 Å². The molecule has 0 bridgehead atoms. The number of rotatable bonds is 5. The van der Waals surface area contributed by atoms with Gasteiger partial charge in [-0.2, -0.15) is 0 Å². The largest absolute Gasteiger partial charge is 0.326 e. The van der Waals surface area contributed by atoms with Gasteiger partial charge in [0.1, 0.15) is 0 Å². The maximum Gasteiger partial charge on any atom is 0.261 e. The van der Waals surface area contributed by atoms with Crippen LogP contribution in [0.25, 0.3) is 0 Å². The third kappa shape index (κ3) is 4.20. The molecule has 0 heterocycles. The van der Waals surface area contributed by atoms with Crippen molar-refractivity contribution in [1.29, 1.82) is 0 Å². The molecular formula is C15H20ClNO3S. The van der Waals surface area contributed by atoms with Crippen LogP contribution < -0.4 is 5.32 Å². The SMILES string of the molecule is Cc1cc(S(=O)(=O)Cl)cc(C(C)C)c1NC(=O)CC1CC1. The summed E-state index contributed by atoms with van der Waals surface area (Å²) in [6, 6.07) is 3.05. The summed E-state index contributed by atoms with van der Waals surface area (Å²) in [5.74, 6) is 0.581. The van der Waals surface area contributed by atoms with Gasteiger partial charge in [-0.05, 0) is 54.9 Å². The van der Waals surface area contributed by atoms with E-state index in [0.29, 0.717) is 23.6 Å². The quantitative estimate of drug-likeness (QED) is 0.836. The lowest BCUT2D eigenvalue weighted by molar-refractivity contribution is -0.116. The highest BCUT2D eigenvalue weighted by molar-refractivity contribution is 8.13. The van der Waals surface area contributed by atoms with Crippen LogP contribution in [0.2, 0.25) is 0 Å². The van der Waals surface area contributed by atoms with E-state index in [4.69, 9.17) is 10.7 Å². The highest BCUT2D eigenvalue weighted by Crippen LogP contribution is 2.35. The summed E-state index contributed by atoms with van der Waals surface area (Å²) in [5.41, 5.74) is 2.21. The predicted octanol–water partition coefficient (Wildman–Crippen LogP) is 3.78. The maximum atomic E-state index is 12.0. The summed E-state index contributed by atoms with van der Waals surface area (Å²) in [5, 5.41) is 2.93. The average Bonchev–Trinajstić information content (AvgIpc) is 3.13. The minimum absolute atomic E-state index is 0.0102. The van der Waals surface area contributed by atoms with Gasteiger partial charge in [0.05, 0.1) is 4.90 Å². The first-order valence-corrected chi connectivity index (χ1v) is 9.38. The third-order valence-electron chi connectivity index (χ3n) is 3.68. The van der Waals surface area contributed by atoms with Crippen LogP contribution in [0.4, 0.5) is 5.69 Å². The molecule has 1 amide bonds. The minimum atomic E-state index is -3.78. The third-order valence-corrected chi connectivity index (χ3v) is 5.01. The molecule has 1 N–H and O–H groups in total. The lowest BCUT2D eigenvalue weighted by atomic mass is 9.98. The fraction of sp³-hybridized carbons (Fsp3) is 0.533. The second kappa shape index (κ2) is 5.97. The van der Waals surface area contributed by atoms with Crippen LogP contribution >= 0.6 is 10.7 Å². The van der Waals surface area contributed by atoms with Crippen molar-refractivity contribution < 1.29 is 13.2 Å². The first-order chi connectivity index (χ1) is 9.68. The highest BCUT2D eigenvalue weighted by Gasteiger charge is 2.25. The Morgan fingerprint density at radius 1 is 1.38 bits per heavy atom. The molecular weight excluding hydrogens is 310 g/mol. The summed E-state index contributed by atoms with van der Waals surface area (Å²) in [4.78, 5) is 12.1. The van der Waals surface area contributed by atoms with Gasteiger partial charge in [-0.3, -0.25) is 4.79 Å². The molecule has 0 unspecified atom stereocenters. The van der Waals surface area contributed by atoms with Crippen LogP contribution in [0.15, 0.2) is 17.0 Å². The Labute approximate surface area is 130 Å². The Balaban J connectivity index is 2.36. The molecule has 1 aromatic carbocycles. The smallest absolute Gasteiger partial charge is 0.261 e. The highest BCUT2D eigenvalue weighted by atomic mass is 35.7. The molecule has 4 nitrogen and oxygen atoms in total. The zero-order chi connectivity index (χ0) is 15.8. The van der Waals surface area contributed by atoms with E-state index in [9.17, 15) is 13.2 Å². The summed E-state index contributed by atoms with van der Waals surface area (Å²) < 4.78 is 23.1. The Kier molecular flexibility index (Phi) is 4.63. The Hall–Kier alpha value is -1.07. The monoisotopic (exact) mass is 329 g/mol. The topological polar surface area (TPSA) is 63.2 Å². The number of hydrogen-bond acceptors (Lipinski definition) is 3. The van der Waals surface area contributed by atoms with Crippen molar-refractivity contribution in [3.63, 3.8) is 0 Å².